The largest absolute Gasteiger partial charge is 0.508 e. The molecule has 0 saturated carbocycles. The van der Waals surface area contributed by atoms with Crippen molar-refractivity contribution in [3.63, 3.8) is 0 Å². The molecule has 0 radical (unpaired) electrons. The Labute approximate surface area is 70.2 Å². The van der Waals surface area contributed by atoms with E-state index in [1.54, 1.807) is 18.2 Å². The minimum atomic E-state index is -0.124. The molecule has 1 aliphatic rings. The number of hydrogen-bond acceptors (Lipinski definition) is 2. The van der Waals surface area contributed by atoms with E-state index in [0.29, 0.717) is 0 Å². The molecule has 0 amide bonds. The Morgan fingerprint density at radius 3 is 3.00 bits per heavy atom. The molecule has 1 aromatic rings. The molecule has 1 aliphatic carbocycles. The molecule has 1 aromatic carbocycles. The van der Waals surface area contributed by atoms with Crippen LogP contribution in [-0.2, 0) is 4.79 Å². The van der Waals surface area contributed by atoms with Gasteiger partial charge in [-0.2, -0.15) is 0 Å². The van der Waals surface area contributed by atoms with Crippen LogP contribution in [0.2, 0.25) is 0 Å². The van der Waals surface area contributed by atoms with Crippen molar-refractivity contribution in [1.29, 1.82) is 0 Å². The fraction of sp³-hybridized carbons (Fsp3) is 0.100. The van der Waals surface area contributed by atoms with E-state index in [2.05, 4.69) is 0 Å². The summed E-state index contributed by atoms with van der Waals surface area (Å²) in [5.41, 5.74) is 1.91. The molecule has 0 spiro atoms. The minimum Gasteiger partial charge on any atom is -0.508 e. The fourth-order valence-electron chi connectivity index (χ4n) is 1.44. The number of aromatic hydroxyl groups is 1. The second-order valence-electron chi connectivity index (χ2n) is 2.83. The molecule has 1 N–H and O–H groups in total. The van der Waals surface area contributed by atoms with Crippen LogP contribution in [0.25, 0.3) is 6.08 Å². The summed E-state index contributed by atoms with van der Waals surface area (Å²) in [6.07, 6.45) is 4.59. The normalized spacial score (nSPS) is 19.2. The van der Waals surface area contributed by atoms with E-state index in [-0.39, 0.29) is 11.7 Å². The maximum Gasteiger partial charge on any atom is 0.131 e. The first-order valence-electron chi connectivity index (χ1n) is 3.77. The maximum atomic E-state index is 10.5. The van der Waals surface area contributed by atoms with Crippen molar-refractivity contribution in [3.8, 4) is 5.75 Å². The average Bonchev–Trinajstić information content (AvgIpc) is 2.46. The highest BCUT2D eigenvalue weighted by Crippen LogP contribution is 2.30. The smallest absolute Gasteiger partial charge is 0.131 e. The lowest BCUT2D eigenvalue weighted by atomic mass is 10.0. The molecule has 60 valence electrons. The molecule has 2 heteroatoms. The number of phenolic OH excluding ortho intramolecular Hbond substituents is 1. The Morgan fingerprint density at radius 2 is 2.25 bits per heavy atom. The minimum absolute atomic E-state index is 0.124. The predicted molar refractivity (Wildman–Crippen MR) is 45.9 cm³/mol. The number of phenols is 1. The van der Waals surface area contributed by atoms with Gasteiger partial charge in [-0.3, -0.25) is 0 Å². The molecule has 0 aromatic heterocycles. The monoisotopic (exact) mass is 160 g/mol. The molecule has 0 heterocycles. The van der Waals surface area contributed by atoms with E-state index in [1.807, 2.05) is 12.2 Å². The molecule has 0 bridgehead atoms. The average molecular weight is 160 g/mol. The maximum absolute atomic E-state index is 10.5. The van der Waals surface area contributed by atoms with Gasteiger partial charge in [0.2, 0.25) is 0 Å². The number of carbonyl (C=O) groups excluding carboxylic acids is 1. The van der Waals surface area contributed by atoms with Crippen molar-refractivity contribution < 1.29 is 9.90 Å². The summed E-state index contributed by atoms with van der Waals surface area (Å²) in [6, 6.07) is 5.04. The third-order valence-electron chi connectivity index (χ3n) is 2.06. The molecule has 2 rings (SSSR count). The van der Waals surface area contributed by atoms with Crippen molar-refractivity contribution in [2.75, 3.05) is 0 Å². The molecule has 1 atom stereocenters. The Bertz CT molecular complexity index is 353. The van der Waals surface area contributed by atoms with E-state index in [4.69, 9.17) is 5.11 Å². The molecule has 2 nitrogen and oxygen atoms in total. The van der Waals surface area contributed by atoms with Crippen molar-refractivity contribution in [1.82, 2.24) is 0 Å². The van der Waals surface area contributed by atoms with Crippen LogP contribution in [0.4, 0.5) is 0 Å². The van der Waals surface area contributed by atoms with Gasteiger partial charge < -0.3 is 9.90 Å². The molecule has 0 fully saturated rings. The van der Waals surface area contributed by atoms with Crippen LogP contribution in [0.5, 0.6) is 5.75 Å². The zero-order valence-electron chi connectivity index (χ0n) is 6.40. The Morgan fingerprint density at radius 1 is 1.42 bits per heavy atom. The molecule has 0 saturated heterocycles. The van der Waals surface area contributed by atoms with Gasteiger partial charge in [0.05, 0.1) is 5.92 Å². The Balaban J connectivity index is 2.53. The van der Waals surface area contributed by atoms with Crippen LogP contribution >= 0.6 is 0 Å². The van der Waals surface area contributed by atoms with E-state index in [1.165, 1.54) is 0 Å². The lowest BCUT2D eigenvalue weighted by Crippen LogP contribution is -1.92. The van der Waals surface area contributed by atoms with Gasteiger partial charge in [-0.15, -0.1) is 0 Å². The fourth-order valence-corrected chi connectivity index (χ4v) is 1.44. The van der Waals surface area contributed by atoms with Gasteiger partial charge in [0.15, 0.2) is 0 Å². The molecular formula is C10H8O2. The van der Waals surface area contributed by atoms with Crippen molar-refractivity contribution in [2.24, 2.45) is 0 Å². The molecule has 0 aliphatic heterocycles. The topological polar surface area (TPSA) is 37.3 Å². The van der Waals surface area contributed by atoms with E-state index in [0.717, 1.165) is 17.4 Å². The van der Waals surface area contributed by atoms with E-state index >= 15 is 0 Å². The SMILES string of the molecule is O=CC1C=Cc2cc(O)ccc21. The highest BCUT2D eigenvalue weighted by Gasteiger charge is 2.15. The van der Waals surface area contributed by atoms with E-state index in [9.17, 15) is 4.79 Å². The van der Waals surface area contributed by atoms with E-state index < -0.39 is 0 Å². The first kappa shape index (κ1) is 7.10. The summed E-state index contributed by atoms with van der Waals surface area (Å²) >= 11 is 0. The number of rotatable bonds is 1. The summed E-state index contributed by atoms with van der Waals surface area (Å²) in [4.78, 5) is 10.5. The van der Waals surface area contributed by atoms with Gasteiger partial charge in [0, 0.05) is 0 Å². The number of fused-ring (bicyclic) bond motifs is 1. The zero-order valence-corrected chi connectivity index (χ0v) is 6.40. The second-order valence-corrected chi connectivity index (χ2v) is 2.83. The van der Waals surface area contributed by atoms with Gasteiger partial charge in [-0.1, -0.05) is 18.2 Å². The number of allylic oxidation sites excluding steroid dienone is 1. The zero-order chi connectivity index (χ0) is 8.55. The van der Waals surface area contributed by atoms with Crippen LogP contribution in [0.15, 0.2) is 24.3 Å². The van der Waals surface area contributed by atoms with Crippen molar-refractivity contribution >= 4 is 12.4 Å². The van der Waals surface area contributed by atoms with Crippen LogP contribution in [0, 0.1) is 0 Å². The number of carbonyl (C=O) groups is 1. The first-order valence-corrected chi connectivity index (χ1v) is 3.77. The van der Waals surface area contributed by atoms with Crippen molar-refractivity contribution in [2.45, 2.75) is 5.92 Å². The summed E-state index contributed by atoms with van der Waals surface area (Å²) in [5, 5.41) is 9.13. The number of benzene rings is 1. The summed E-state index contributed by atoms with van der Waals surface area (Å²) < 4.78 is 0. The predicted octanol–water partition coefficient (Wildman–Crippen LogP) is 1.70. The van der Waals surface area contributed by atoms with Crippen LogP contribution in [0.1, 0.15) is 17.0 Å². The quantitative estimate of drug-likeness (QED) is 0.635. The summed E-state index contributed by atoms with van der Waals surface area (Å²) in [6.45, 7) is 0. The third-order valence-corrected chi connectivity index (χ3v) is 2.06. The summed E-state index contributed by atoms with van der Waals surface area (Å²) in [5.74, 6) is 0.116. The highest BCUT2D eigenvalue weighted by atomic mass is 16.3. The van der Waals surface area contributed by atoms with Gasteiger partial charge in [0.25, 0.3) is 0 Å². The van der Waals surface area contributed by atoms with Gasteiger partial charge in [0.1, 0.15) is 12.0 Å². The molecule has 12 heavy (non-hydrogen) atoms. The van der Waals surface area contributed by atoms with Gasteiger partial charge in [-0.25, -0.2) is 0 Å². The standard InChI is InChI=1S/C10H8O2/c11-6-8-2-1-7-5-9(12)3-4-10(7)8/h1-6,8,12H. The second kappa shape index (κ2) is 2.48. The van der Waals surface area contributed by atoms with Gasteiger partial charge in [-0.05, 0) is 23.3 Å². The van der Waals surface area contributed by atoms with Crippen LogP contribution < -0.4 is 0 Å². The lowest BCUT2D eigenvalue weighted by Gasteiger charge is -2.02. The highest BCUT2D eigenvalue weighted by molar-refractivity contribution is 5.77. The number of hydrogen-bond donors (Lipinski definition) is 1. The third kappa shape index (κ3) is 0.925. The molecule has 1 unspecified atom stereocenters. The lowest BCUT2D eigenvalue weighted by molar-refractivity contribution is -0.108. The molecular weight excluding hydrogens is 152 g/mol. The summed E-state index contributed by atoms with van der Waals surface area (Å²) in [7, 11) is 0. The number of aldehydes is 1. The Hall–Kier alpha value is -1.57. The van der Waals surface area contributed by atoms with Crippen molar-refractivity contribution in [3.05, 3.63) is 35.4 Å². The van der Waals surface area contributed by atoms with Crippen LogP contribution in [-0.4, -0.2) is 11.4 Å². The first-order chi connectivity index (χ1) is 5.81. The Kier molecular flexibility index (Phi) is 1.47. The van der Waals surface area contributed by atoms with Crippen LogP contribution in [0.3, 0.4) is 0 Å². The van der Waals surface area contributed by atoms with Gasteiger partial charge >= 0.3 is 0 Å².